The number of rotatable bonds is 3. The van der Waals surface area contributed by atoms with Gasteiger partial charge in [0.25, 0.3) is 0 Å². The number of nitrogen functional groups attached to an aromatic ring is 1. The van der Waals surface area contributed by atoms with Crippen LogP contribution in [-0.2, 0) is 4.74 Å². The van der Waals surface area contributed by atoms with Gasteiger partial charge >= 0.3 is 5.69 Å². The lowest BCUT2D eigenvalue weighted by Crippen LogP contribution is -2.41. The summed E-state index contributed by atoms with van der Waals surface area (Å²) in [6, 6.07) is 1.25. The van der Waals surface area contributed by atoms with E-state index in [9.17, 15) is 14.3 Å². The molecule has 1 aromatic heterocycles. The van der Waals surface area contributed by atoms with Crippen molar-refractivity contribution in [3.8, 4) is 0 Å². The molecule has 1 aliphatic heterocycles. The molecule has 4 N–H and O–H groups in total. The van der Waals surface area contributed by atoms with Gasteiger partial charge in [0, 0.05) is 11.1 Å². The van der Waals surface area contributed by atoms with Crippen LogP contribution in [0.15, 0.2) is 22.2 Å². The van der Waals surface area contributed by atoms with Crippen molar-refractivity contribution < 1.29 is 19.3 Å². The number of anilines is 1. The summed E-state index contributed by atoms with van der Waals surface area (Å²) in [5.41, 5.74) is 10.5. The number of ether oxygens (including phenoxy) is 1. The number of nitrogens with zero attached hydrogens (tertiary/aromatic N) is 5. The number of hydrogen-bond acceptors (Lipinski definition) is 7. The minimum atomic E-state index is -2.29. The summed E-state index contributed by atoms with van der Waals surface area (Å²) in [6.07, 6.45) is -4.38. The largest absolute Gasteiger partial charge is 0.393 e. The van der Waals surface area contributed by atoms with Crippen molar-refractivity contribution >= 4 is 5.82 Å². The molecule has 0 spiro atoms. The standard InChI is InChI=1S/C9H11FN6O4/c10-6-5(18)7(20-9(6,3-17)14-15-12)16-2-1-4(11)13-8(16)19/h1-2,5-7,17-18H,3H2,(H2,11,13,19)/t5?,6?,7?,9-/m1/s1. The Kier molecular flexibility index (Phi) is 3.59. The minimum Gasteiger partial charge on any atom is -0.393 e. The topological polar surface area (TPSA) is 159 Å². The van der Waals surface area contributed by atoms with Gasteiger partial charge in [-0.15, -0.1) is 0 Å². The van der Waals surface area contributed by atoms with Gasteiger partial charge in [-0.3, -0.25) is 4.57 Å². The number of hydrogen-bond donors (Lipinski definition) is 3. The summed E-state index contributed by atoms with van der Waals surface area (Å²) >= 11 is 0. The highest BCUT2D eigenvalue weighted by Crippen LogP contribution is 2.39. The average molecular weight is 286 g/mol. The lowest BCUT2D eigenvalue weighted by atomic mass is 10.1. The van der Waals surface area contributed by atoms with E-state index in [1.807, 2.05) is 0 Å². The second kappa shape index (κ2) is 5.06. The number of aromatic nitrogens is 2. The molecule has 0 bridgehead atoms. The number of halogens is 1. The first-order chi connectivity index (χ1) is 9.45. The third-order valence-electron chi connectivity index (χ3n) is 2.91. The Balaban J connectivity index is 2.45. The van der Waals surface area contributed by atoms with Crippen LogP contribution in [0.25, 0.3) is 10.4 Å². The fourth-order valence-electron chi connectivity index (χ4n) is 1.91. The molecule has 20 heavy (non-hydrogen) atoms. The van der Waals surface area contributed by atoms with Crippen LogP contribution in [-0.4, -0.2) is 44.4 Å². The number of aliphatic hydroxyl groups is 2. The SMILES string of the molecule is [N-]=[N+]=N[C@]1(CO)OC(n2ccc(N)nc2=O)C(O)C1F. The van der Waals surface area contributed by atoms with Crippen LogP contribution in [0.1, 0.15) is 6.23 Å². The highest BCUT2D eigenvalue weighted by atomic mass is 19.1. The maximum absolute atomic E-state index is 14.0. The lowest BCUT2D eigenvalue weighted by Gasteiger charge is -2.22. The van der Waals surface area contributed by atoms with Crippen LogP contribution in [0.3, 0.4) is 0 Å². The van der Waals surface area contributed by atoms with E-state index < -0.39 is 36.5 Å². The molecule has 1 aliphatic rings. The quantitative estimate of drug-likeness (QED) is 0.369. The molecule has 1 fully saturated rings. The first kappa shape index (κ1) is 14.2. The first-order valence-electron chi connectivity index (χ1n) is 5.47. The van der Waals surface area contributed by atoms with Gasteiger partial charge in [-0.05, 0) is 11.6 Å². The third-order valence-corrected chi connectivity index (χ3v) is 2.91. The Bertz CT molecular complexity index is 617. The van der Waals surface area contributed by atoms with Crippen LogP contribution in [0, 0.1) is 0 Å². The van der Waals surface area contributed by atoms with Crippen molar-refractivity contribution in [3.63, 3.8) is 0 Å². The average Bonchev–Trinajstić information content (AvgIpc) is 2.65. The molecule has 4 atom stereocenters. The number of aliphatic hydroxyl groups excluding tert-OH is 2. The summed E-state index contributed by atoms with van der Waals surface area (Å²) in [6.45, 7) is -0.997. The van der Waals surface area contributed by atoms with Gasteiger partial charge in [-0.25, -0.2) is 9.18 Å². The predicted molar refractivity (Wildman–Crippen MR) is 62.9 cm³/mol. The summed E-state index contributed by atoms with van der Waals surface area (Å²) in [5.74, 6) is -0.0565. The Hall–Kier alpha value is -2.20. The number of nitrogens with two attached hydrogens (primary N) is 1. The highest BCUT2D eigenvalue weighted by Gasteiger charge is 2.56. The molecule has 108 valence electrons. The summed E-state index contributed by atoms with van der Waals surface area (Å²) in [4.78, 5) is 17.4. The molecule has 11 heteroatoms. The van der Waals surface area contributed by atoms with E-state index >= 15 is 0 Å². The highest BCUT2D eigenvalue weighted by molar-refractivity contribution is 5.23. The predicted octanol–water partition coefficient (Wildman–Crippen LogP) is -0.948. The third kappa shape index (κ3) is 2.08. The molecule has 0 radical (unpaired) electrons. The van der Waals surface area contributed by atoms with Crippen molar-refractivity contribution in [1.82, 2.24) is 9.55 Å². The van der Waals surface area contributed by atoms with E-state index in [1.54, 1.807) is 0 Å². The van der Waals surface area contributed by atoms with Crippen molar-refractivity contribution in [2.45, 2.75) is 24.2 Å². The fraction of sp³-hybridized carbons (Fsp3) is 0.556. The number of azide groups is 1. The molecule has 2 rings (SSSR count). The van der Waals surface area contributed by atoms with Gasteiger partial charge in [0.05, 0.1) is 6.61 Å². The first-order valence-corrected chi connectivity index (χ1v) is 5.47. The van der Waals surface area contributed by atoms with E-state index in [2.05, 4.69) is 15.0 Å². The Morgan fingerprint density at radius 2 is 2.45 bits per heavy atom. The number of alkyl halides is 1. The van der Waals surface area contributed by atoms with Crippen molar-refractivity contribution in [2.24, 2.45) is 5.11 Å². The maximum atomic E-state index is 14.0. The summed E-state index contributed by atoms with van der Waals surface area (Å²) < 4.78 is 19.9. The van der Waals surface area contributed by atoms with Crippen molar-refractivity contribution in [2.75, 3.05) is 12.3 Å². The summed E-state index contributed by atoms with van der Waals surface area (Å²) in [7, 11) is 0. The Morgan fingerprint density at radius 1 is 1.75 bits per heavy atom. The Morgan fingerprint density at radius 3 is 3.00 bits per heavy atom. The normalized spacial score (nSPS) is 32.9. The fourth-order valence-corrected chi connectivity index (χ4v) is 1.91. The second-order valence-electron chi connectivity index (χ2n) is 4.14. The molecule has 0 aliphatic carbocycles. The van der Waals surface area contributed by atoms with Crippen LogP contribution in [0.2, 0.25) is 0 Å². The second-order valence-corrected chi connectivity index (χ2v) is 4.14. The van der Waals surface area contributed by atoms with E-state index in [0.29, 0.717) is 0 Å². The molecular formula is C9H11FN6O4. The molecule has 3 unspecified atom stereocenters. The maximum Gasteiger partial charge on any atom is 0.351 e. The van der Waals surface area contributed by atoms with Crippen LogP contribution >= 0.6 is 0 Å². The smallest absolute Gasteiger partial charge is 0.351 e. The molecular weight excluding hydrogens is 275 g/mol. The van der Waals surface area contributed by atoms with E-state index in [-0.39, 0.29) is 5.82 Å². The van der Waals surface area contributed by atoms with Gasteiger partial charge < -0.3 is 20.7 Å². The molecule has 1 aromatic rings. The molecule has 0 aromatic carbocycles. The molecule has 0 saturated carbocycles. The van der Waals surface area contributed by atoms with Crippen LogP contribution in [0.4, 0.5) is 10.2 Å². The molecule has 2 heterocycles. The van der Waals surface area contributed by atoms with Crippen LogP contribution in [0.5, 0.6) is 0 Å². The molecule has 10 nitrogen and oxygen atoms in total. The van der Waals surface area contributed by atoms with Gasteiger partial charge in [0.15, 0.2) is 12.4 Å². The zero-order chi connectivity index (χ0) is 14.9. The minimum absolute atomic E-state index is 0.0565. The molecule has 1 saturated heterocycles. The van der Waals surface area contributed by atoms with E-state index in [4.69, 9.17) is 21.1 Å². The molecule has 0 amide bonds. The van der Waals surface area contributed by atoms with Gasteiger partial charge in [-0.2, -0.15) is 4.98 Å². The monoisotopic (exact) mass is 286 g/mol. The lowest BCUT2D eigenvalue weighted by molar-refractivity contribution is -0.116. The van der Waals surface area contributed by atoms with E-state index in [0.717, 1.165) is 10.8 Å². The van der Waals surface area contributed by atoms with Gasteiger partial charge in [0.1, 0.15) is 11.9 Å². The zero-order valence-electron chi connectivity index (χ0n) is 10.00. The Labute approximate surface area is 110 Å². The van der Waals surface area contributed by atoms with Crippen LogP contribution < -0.4 is 11.4 Å². The van der Waals surface area contributed by atoms with Crippen molar-refractivity contribution in [3.05, 3.63) is 33.2 Å². The summed E-state index contributed by atoms with van der Waals surface area (Å²) in [5, 5.41) is 22.0. The van der Waals surface area contributed by atoms with Gasteiger partial charge in [-0.1, -0.05) is 5.11 Å². The van der Waals surface area contributed by atoms with Crippen molar-refractivity contribution in [1.29, 1.82) is 0 Å². The zero-order valence-corrected chi connectivity index (χ0v) is 10.00. The van der Waals surface area contributed by atoms with E-state index in [1.165, 1.54) is 6.07 Å². The van der Waals surface area contributed by atoms with Gasteiger partial charge in [0.2, 0.25) is 5.72 Å².